The molecule has 3 nitrogen and oxygen atoms in total. The van der Waals surface area contributed by atoms with Gasteiger partial charge in [0.15, 0.2) is 0 Å². The Morgan fingerprint density at radius 3 is 2.23 bits per heavy atom. The first kappa shape index (κ1) is 12.5. The van der Waals surface area contributed by atoms with Crippen molar-refractivity contribution in [2.24, 2.45) is 5.73 Å². The minimum absolute atomic E-state index is 0. The summed E-state index contributed by atoms with van der Waals surface area (Å²) in [6.45, 7) is 0. The van der Waals surface area contributed by atoms with Gasteiger partial charge < -0.3 is 15.6 Å². The van der Waals surface area contributed by atoms with Gasteiger partial charge in [-0.15, -0.1) is 0 Å². The number of nitrogens with two attached hydrogens (primary N) is 1. The molecule has 1 rings (SSSR count). The van der Waals surface area contributed by atoms with Gasteiger partial charge in [0.05, 0.1) is 12.0 Å². The van der Waals surface area contributed by atoms with Crippen LogP contribution >= 0.6 is 11.6 Å². The zero-order valence-corrected chi connectivity index (χ0v) is 7.91. The fourth-order valence-corrected chi connectivity index (χ4v) is 0.932. The molecule has 0 saturated carbocycles. The minimum Gasteiger partial charge on any atom is -0.548 e. The molecule has 0 spiro atoms. The van der Waals surface area contributed by atoms with E-state index >= 15 is 0 Å². The normalized spacial score (nSPS) is 11.5. The Hall–Kier alpha value is -0.463. The number of carboxylic acids is 1. The Bertz CT molecular complexity index is 289. The van der Waals surface area contributed by atoms with Gasteiger partial charge in [-0.2, -0.15) is 0 Å². The number of hydrogen-bond acceptors (Lipinski definition) is 3. The standard InChI is InChI=1S/C8H8ClNO2.Li/c9-6-3-1-5(2-4-6)7(10)8(11)12;/h1-4,7H,10H2,(H,11,12);/q;+1/p-1/t7-;/m0./s1. The third kappa shape index (κ3) is 3.41. The molecule has 0 aliphatic heterocycles. The van der Waals surface area contributed by atoms with Crippen molar-refractivity contribution in [1.82, 2.24) is 0 Å². The van der Waals surface area contributed by atoms with E-state index in [0.29, 0.717) is 10.6 Å². The summed E-state index contributed by atoms with van der Waals surface area (Å²) >= 11 is 5.59. The Labute approximate surface area is 93.1 Å². The summed E-state index contributed by atoms with van der Waals surface area (Å²) in [6.07, 6.45) is 0. The first-order valence-electron chi connectivity index (χ1n) is 3.33. The number of hydrogen-bond donors (Lipinski definition) is 1. The number of carbonyl (C=O) groups excluding carboxylic acids is 1. The molecule has 0 heterocycles. The Kier molecular flexibility index (Phi) is 5.12. The third-order valence-corrected chi connectivity index (χ3v) is 1.74. The third-order valence-electron chi connectivity index (χ3n) is 1.48. The van der Waals surface area contributed by atoms with E-state index in [1.54, 1.807) is 24.3 Å². The average Bonchev–Trinajstić information content (AvgIpc) is 2.04. The van der Waals surface area contributed by atoms with Crippen LogP contribution in [0.3, 0.4) is 0 Å². The van der Waals surface area contributed by atoms with Gasteiger partial charge in [-0.05, 0) is 17.7 Å². The maximum atomic E-state index is 10.3. The number of benzene rings is 1. The molecule has 0 fully saturated rings. The van der Waals surface area contributed by atoms with Gasteiger partial charge in [-0.25, -0.2) is 0 Å². The molecule has 0 unspecified atom stereocenters. The number of carboxylic acid groups (broad SMARTS) is 1. The molecule has 5 heteroatoms. The fraction of sp³-hybridized carbons (Fsp3) is 0.125. The molecule has 13 heavy (non-hydrogen) atoms. The van der Waals surface area contributed by atoms with Gasteiger partial charge in [-0.3, -0.25) is 0 Å². The summed E-state index contributed by atoms with van der Waals surface area (Å²) in [7, 11) is 0. The van der Waals surface area contributed by atoms with E-state index in [-0.39, 0.29) is 18.9 Å². The van der Waals surface area contributed by atoms with Gasteiger partial charge in [-0.1, -0.05) is 23.7 Å². The second-order valence-corrected chi connectivity index (χ2v) is 2.78. The smallest absolute Gasteiger partial charge is 0.548 e. The van der Waals surface area contributed by atoms with Crippen LogP contribution in [0.25, 0.3) is 0 Å². The molecule has 1 aromatic carbocycles. The second kappa shape index (κ2) is 5.31. The van der Waals surface area contributed by atoms with E-state index in [0.717, 1.165) is 0 Å². The molecular weight excluding hydrogens is 184 g/mol. The van der Waals surface area contributed by atoms with Crippen molar-refractivity contribution >= 4 is 17.6 Å². The monoisotopic (exact) mass is 191 g/mol. The minimum atomic E-state index is -1.29. The predicted octanol–water partition coefficient (Wildman–Crippen LogP) is -2.91. The van der Waals surface area contributed by atoms with E-state index < -0.39 is 12.0 Å². The van der Waals surface area contributed by atoms with Gasteiger partial charge in [0.25, 0.3) is 0 Å². The topological polar surface area (TPSA) is 66.2 Å². The van der Waals surface area contributed by atoms with Crippen LogP contribution in [0.15, 0.2) is 24.3 Å². The zero-order chi connectivity index (χ0) is 9.14. The van der Waals surface area contributed by atoms with Crippen LogP contribution in [0.5, 0.6) is 0 Å². The molecule has 1 aromatic rings. The van der Waals surface area contributed by atoms with Crippen molar-refractivity contribution in [3.8, 4) is 0 Å². The quantitative estimate of drug-likeness (QED) is 0.510. The Morgan fingerprint density at radius 2 is 1.85 bits per heavy atom. The summed E-state index contributed by atoms with van der Waals surface area (Å²) in [5.74, 6) is -1.29. The van der Waals surface area contributed by atoms with Crippen molar-refractivity contribution in [2.45, 2.75) is 6.04 Å². The number of carbonyl (C=O) groups is 1. The molecule has 64 valence electrons. The van der Waals surface area contributed by atoms with Crippen LogP contribution in [-0.2, 0) is 4.79 Å². The van der Waals surface area contributed by atoms with E-state index in [4.69, 9.17) is 17.3 Å². The van der Waals surface area contributed by atoms with Crippen molar-refractivity contribution in [2.75, 3.05) is 0 Å². The van der Waals surface area contributed by atoms with Crippen LogP contribution < -0.4 is 29.7 Å². The predicted molar refractivity (Wildman–Crippen MR) is 43.4 cm³/mol. The van der Waals surface area contributed by atoms with Crippen LogP contribution in [-0.4, -0.2) is 5.97 Å². The summed E-state index contributed by atoms with van der Waals surface area (Å²) in [6, 6.07) is 5.20. The molecule has 0 amide bonds. The van der Waals surface area contributed by atoms with Crippen LogP contribution in [0, 0.1) is 0 Å². The fourth-order valence-electron chi connectivity index (χ4n) is 0.806. The molecule has 0 bridgehead atoms. The van der Waals surface area contributed by atoms with Crippen LogP contribution in [0.2, 0.25) is 5.02 Å². The van der Waals surface area contributed by atoms with Gasteiger partial charge in [0.2, 0.25) is 0 Å². The van der Waals surface area contributed by atoms with Gasteiger partial charge in [0.1, 0.15) is 0 Å². The first-order chi connectivity index (χ1) is 5.61. The van der Waals surface area contributed by atoms with E-state index in [9.17, 15) is 9.90 Å². The molecular formula is C8H7ClLiNO2. The zero-order valence-electron chi connectivity index (χ0n) is 7.16. The first-order valence-corrected chi connectivity index (χ1v) is 3.71. The van der Waals surface area contributed by atoms with Crippen molar-refractivity contribution in [3.05, 3.63) is 34.9 Å². The molecule has 0 saturated heterocycles. The van der Waals surface area contributed by atoms with E-state index in [1.165, 1.54) is 0 Å². The SMILES string of the molecule is N[C@H](C(=O)[O-])c1ccc(Cl)cc1.[Li+]. The summed E-state index contributed by atoms with van der Waals surface area (Å²) in [5, 5.41) is 10.9. The Balaban J connectivity index is 0.00000144. The molecule has 0 aromatic heterocycles. The number of rotatable bonds is 2. The summed E-state index contributed by atoms with van der Waals surface area (Å²) in [5.41, 5.74) is 5.77. The van der Waals surface area contributed by atoms with Crippen molar-refractivity contribution in [1.29, 1.82) is 0 Å². The number of aliphatic carboxylic acids is 1. The van der Waals surface area contributed by atoms with Crippen LogP contribution in [0.4, 0.5) is 0 Å². The Morgan fingerprint density at radius 1 is 1.38 bits per heavy atom. The maximum Gasteiger partial charge on any atom is 1.00 e. The van der Waals surface area contributed by atoms with Gasteiger partial charge in [0, 0.05) is 5.02 Å². The molecule has 0 aliphatic rings. The molecule has 2 N–H and O–H groups in total. The van der Waals surface area contributed by atoms with Crippen molar-refractivity contribution in [3.63, 3.8) is 0 Å². The number of halogens is 1. The van der Waals surface area contributed by atoms with Crippen molar-refractivity contribution < 1.29 is 28.8 Å². The average molecular weight is 192 g/mol. The summed E-state index contributed by atoms with van der Waals surface area (Å²) < 4.78 is 0. The van der Waals surface area contributed by atoms with E-state index in [2.05, 4.69) is 0 Å². The van der Waals surface area contributed by atoms with E-state index in [1.807, 2.05) is 0 Å². The second-order valence-electron chi connectivity index (χ2n) is 2.35. The molecule has 0 radical (unpaired) electrons. The van der Waals surface area contributed by atoms with Crippen LogP contribution in [0.1, 0.15) is 11.6 Å². The molecule has 1 atom stereocenters. The molecule has 0 aliphatic carbocycles. The largest absolute Gasteiger partial charge is 1.00 e. The maximum absolute atomic E-state index is 10.3. The van der Waals surface area contributed by atoms with Gasteiger partial charge >= 0.3 is 18.9 Å². The summed E-state index contributed by atoms with van der Waals surface area (Å²) in [4.78, 5) is 10.3.